The van der Waals surface area contributed by atoms with Gasteiger partial charge in [0.2, 0.25) is 0 Å². The Labute approximate surface area is 191 Å². The lowest BCUT2D eigenvalue weighted by molar-refractivity contribution is -0.120. The van der Waals surface area contributed by atoms with Gasteiger partial charge in [-0.25, -0.2) is 13.8 Å². The van der Waals surface area contributed by atoms with Crippen LogP contribution in [0.1, 0.15) is 18.4 Å². The first-order valence-electron chi connectivity index (χ1n) is 10.6. The molecule has 0 bridgehead atoms. The van der Waals surface area contributed by atoms with Crippen LogP contribution in [0.5, 0.6) is 5.75 Å². The summed E-state index contributed by atoms with van der Waals surface area (Å²) in [6.07, 6.45) is 3.26. The average Bonchev–Trinajstić information content (AvgIpc) is 2.78. The minimum absolute atomic E-state index is 0.121. The van der Waals surface area contributed by atoms with Crippen LogP contribution in [0.2, 0.25) is 0 Å². The number of piperidine rings is 1. The molecule has 0 aliphatic carbocycles. The van der Waals surface area contributed by atoms with Crippen LogP contribution >= 0.6 is 0 Å². The molecule has 1 aliphatic heterocycles. The Morgan fingerprint density at radius 2 is 1.97 bits per heavy atom. The summed E-state index contributed by atoms with van der Waals surface area (Å²) in [6, 6.07) is 6.91. The normalized spacial score (nSPS) is 15.0. The van der Waals surface area contributed by atoms with Crippen LogP contribution < -0.4 is 10.5 Å². The monoisotopic (exact) mass is 455 g/mol. The molecule has 0 unspecified atom stereocenters. The highest BCUT2D eigenvalue weighted by atomic mass is 19.1. The van der Waals surface area contributed by atoms with Crippen molar-refractivity contribution in [1.82, 2.24) is 4.90 Å². The van der Waals surface area contributed by atoms with Crippen molar-refractivity contribution in [3.05, 3.63) is 47.5 Å². The molecular weight excluding hydrogens is 428 g/mol. The molecule has 1 amide bonds. The van der Waals surface area contributed by atoms with E-state index < -0.39 is 24.1 Å². The molecule has 3 rings (SSSR count). The molecule has 0 saturated carbocycles. The molecule has 1 heterocycles. The number of benzene rings is 2. The third-order valence-corrected chi connectivity index (χ3v) is 5.52. The number of ether oxygens (including phenoxy) is 1. The van der Waals surface area contributed by atoms with Crippen molar-refractivity contribution in [3.63, 3.8) is 0 Å². The first kappa shape index (κ1) is 24.2. The van der Waals surface area contributed by atoms with Crippen molar-refractivity contribution in [2.24, 2.45) is 26.6 Å². The van der Waals surface area contributed by atoms with E-state index in [4.69, 9.17) is 10.5 Å². The maximum atomic E-state index is 14.6. The molecule has 0 radical (unpaired) electrons. The maximum absolute atomic E-state index is 14.6. The number of aliphatic imine (C=N–C) groups is 3. The highest BCUT2D eigenvalue weighted by Crippen LogP contribution is 2.37. The lowest BCUT2D eigenvalue weighted by Crippen LogP contribution is -2.34. The van der Waals surface area contributed by atoms with Gasteiger partial charge in [-0.1, -0.05) is 6.07 Å². The summed E-state index contributed by atoms with van der Waals surface area (Å²) in [5.41, 5.74) is 7.02. The Hall–Kier alpha value is -3.46. The number of nitrogens with two attached hydrogens (primary N) is 1. The molecule has 2 N–H and O–H groups in total. The number of rotatable bonds is 10. The van der Waals surface area contributed by atoms with E-state index in [0.717, 1.165) is 32.5 Å². The van der Waals surface area contributed by atoms with E-state index in [1.807, 2.05) is 0 Å². The molecule has 1 aliphatic rings. The zero-order valence-electron chi connectivity index (χ0n) is 18.3. The summed E-state index contributed by atoms with van der Waals surface area (Å²) in [6.45, 7) is 9.50. The summed E-state index contributed by atoms with van der Waals surface area (Å²) in [5.74, 6) is -1.47. The van der Waals surface area contributed by atoms with E-state index in [2.05, 4.69) is 33.3 Å². The second-order valence-electron chi connectivity index (χ2n) is 7.91. The number of hydrogen-bond acceptors (Lipinski definition) is 5. The zero-order valence-corrected chi connectivity index (χ0v) is 18.3. The number of likely N-dealkylation sites (tertiary alicyclic amines) is 1. The van der Waals surface area contributed by atoms with Crippen LogP contribution in [-0.2, 0) is 11.3 Å². The summed E-state index contributed by atoms with van der Waals surface area (Å²) in [5, 5.41) is 0. The van der Waals surface area contributed by atoms with Gasteiger partial charge in [0.05, 0.1) is 5.69 Å². The Kier molecular flexibility index (Phi) is 8.37. The molecular formula is C24H27F2N5O2. The number of halogens is 2. The van der Waals surface area contributed by atoms with Gasteiger partial charge in [0, 0.05) is 18.7 Å². The standard InChI is InChI=1S/C24H27F2N5O2/c1-28-12-16-5-7-31(8-6-16)13-18-9-19(25)11-20(24(18)30-15-29-2)17-3-4-22(21(26)10-17)33-14-23(27)32/h3-4,9-11,15-16H,1-2,5-8,12-14H2,(H2,27,32). The van der Waals surface area contributed by atoms with Crippen LogP contribution in [0.25, 0.3) is 11.1 Å². The van der Waals surface area contributed by atoms with E-state index >= 15 is 0 Å². The Bertz CT molecular complexity index is 1050. The number of hydrogen-bond donors (Lipinski definition) is 1. The van der Waals surface area contributed by atoms with Crippen molar-refractivity contribution in [3.8, 4) is 16.9 Å². The largest absolute Gasteiger partial charge is 0.481 e. The third-order valence-electron chi connectivity index (χ3n) is 5.52. The smallest absolute Gasteiger partial charge is 0.255 e. The van der Waals surface area contributed by atoms with Crippen molar-refractivity contribution < 1.29 is 18.3 Å². The number of carbonyl (C=O) groups excluding carboxylic acids is 1. The lowest BCUT2D eigenvalue weighted by Gasteiger charge is -2.31. The van der Waals surface area contributed by atoms with Gasteiger partial charge >= 0.3 is 0 Å². The van der Waals surface area contributed by atoms with Crippen LogP contribution in [-0.4, -0.2) is 56.8 Å². The maximum Gasteiger partial charge on any atom is 0.255 e. The molecule has 2 aromatic carbocycles. The molecule has 0 spiro atoms. The first-order chi connectivity index (χ1) is 15.9. The second kappa shape index (κ2) is 11.4. The highest BCUT2D eigenvalue weighted by molar-refractivity contribution is 5.82. The fraction of sp³-hybridized carbons (Fsp3) is 0.333. The summed E-state index contributed by atoms with van der Waals surface area (Å²) in [7, 11) is 0. The number of primary amides is 1. The van der Waals surface area contributed by atoms with Gasteiger partial charge in [-0.2, -0.15) is 0 Å². The van der Waals surface area contributed by atoms with Crippen molar-refractivity contribution in [1.29, 1.82) is 0 Å². The molecule has 1 saturated heterocycles. The SMILES string of the molecule is C=NC=Nc1c(CN2CCC(CN=C)CC2)cc(F)cc1-c1ccc(OCC(N)=O)c(F)c1. The van der Waals surface area contributed by atoms with Gasteiger partial charge in [-0.3, -0.25) is 14.7 Å². The fourth-order valence-electron chi connectivity index (χ4n) is 3.93. The van der Waals surface area contributed by atoms with Crippen molar-refractivity contribution in [2.75, 3.05) is 26.2 Å². The molecule has 0 aromatic heterocycles. The zero-order chi connectivity index (χ0) is 23.8. The number of amides is 1. The van der Waals surface area contributed by atoms with Crippen LogP contribution in [0.15, 0.2) is 45.3 Å². The summed E-state index contributed by atoms with van der Waals surface area (Å²) >= 11 is 0. The predicted molar refractivity (Wildman–Crippen MR) is 127 cm³/mol. The van der Waals surface area contributed by atoms with E-state index in [0.29, 0.717) is 34.8 Å². The quantitative estimate of drug-likeness (QED) is 0.437. The number of nitrogens with zero attached hydrogens (tertiary/aromatic N) is 4. The Morgan fingerprint density at radius 1 is 1.21 bits per heavy atom. The minimum atomic E-state index is -0.716. The molecule has 33 heavy (non-hydrogen) atoms. The van der Waals surface area contributed by atoms with Crippen LogP contribution in [0.4, 0.5) is 14.5 Å². The molecule has 9 heteroatoms. The van der Waals surface area contributed by atoms with Crippen molar-refractivity contribution in [2.45, 2.75) is 19.4 Å². The van der Waals surface area contributed by atoms with Gasteiger partial charge in [0.25, 0.3) is 5.91 Å². The van der Waals surface area contributed by atoms with Crippen molar-refractivity contribution >= 4 is 31.4 Å². The molecule has 0 atom stereocenters. The molecule has 7 nitrogen and oxygen atoms in total. The molecule has 1 fully saturated rings. The van der Waals surface area contributed by atoms with Gasteiger partial charge in [0.1, 0.15) is 12.2 Å². The third kappa shape index (κ3) is 6.52. The first-order valence-corrected chi connectivity index (χ1v) is 10.6. The van der Waals surface area contributed by atoms with E-state index in [1.54, 1.807) is 6.07 Å². The van der Waals surface area contributed by atoms with Gasteiger partial charge < -0.3 is 15.5 Å². The van der Waals surface area contributed by atoms with Gasteiger partial charge in [0.15, 0.2) is 18.2 Å². The fourth-order valence-corrected chi connectivity index (χ4v) is 3.93. The highest BCUT2D eigenvalue weighted by Gasteiger charge is 2.21. The topological polar surface area (TPSA) is 92.6 Å². The molecule has 2 aromatic rings. The lowest BCUT2D eigenvalue weighted by atomic mass is 9.95. The van der Waals surface area contributed by atoms with Crippen LogP contribution in [0.3, 0.4) is 0 Å². The summed E-state index contributed by atoms with van der Waals surface area (Å²) in [4.78, 5) is 25.2. The van der Waals surface area contributed by atoms with E-state index in [-0.39, 0.29) is 5.75 Å². The van der Waals surface area contributed by atoms with E-state index in [9.17, 15) is 13.6 Å². The van der Waals surface area contributed by atoms with Gasteiger partial charge in [-0.15, -0.1) is 0 Å². The van der Waals surface area contributed by atoms with E-state index in [1.165, 1.54) is 30.6 Å². The number of carbonyl (C=O) groups is 1. The predicted octanol–water partition coefficient (Wildman–Crippen LogP) is 3.77. The average molecular weight is 456 g/mol. The Balaban J connectivity index is 1.92. The Morgan fingerprint density at radius 3 is 2.61 bits per heavy atom. The van der Waals surface area contributed by atoms with Gasteiger partial charge in [-0.05, 0) is 80.7 Å². The second-order valence-corrected chi connectivity index (χ2v) is 7.91. The summed E-state index contributed by atoms with van der Waals surface area (Å²) < 4.78 is 34.3. The molecule has 174 valence electrons. The minimum Gasteiger partial charge on any atom is -0.481 e. The van der Waals surface area contributed by atoms with Crippen LogP contribution in [0, 0.1) is 17.6 Å².